The topological polar surface area (TPSA) is 101 Å². The van der Waals surface area contributed by atoms with E-state index in [2.05, 4.69) is 15.3 Å². The van der Waals surface area contributed by atoms with E-state index in [0.717, 1.165) is 0 Å². The van der Waals surface area contributed by atoms with Gasteiger partial charge < -0.3 is 10.7 Å². The van der Waals surface area contributed by atoms with Gasteiger partial charge in [0.1, 0.15) is 0 Å². The highest BCUT2D eigenvalue weighted by molar-refractivity contribution is 7.99. The molecular formula is C8H12N4O2S. The van der Waals surface area contributed by atoms with Gasteiger partial charge in [-0.2, -0.15) is 11.8 Å². The quantitative estimate of drug-likeness (QED) is 0.594. The molecule has 0 aromatic carbocycles. The lowest BCUT2D eigenvalue weighted by Crippen LogP contribution is -2.16. The summed E-state index contributed by atoms with van der Waals surface area (Å²) in [4.78, 5) is 28.2. The zero-order chi connectivity index (χ0) is 11.1. The Labute approximate surface area is 91.0 Å². The van der Waals surface area contributed by atoms with Crippen molar-refractivity contribution in [2.75, 3.05) is 16.8 Å². The van der Waals surface area contributed by atoms with Gasteiger partial charge in [-0.1, -0.05) is 0 Å². The molecule has 0 aliphatic heterocycles. The first-order valence-electron chi connectivity index (χ1n) is 4.34. The average Bonchev–Trinajstić information content (AvgIpc) is 2.64. The summed E-state index contributed by atoms with van der Waals surface area (Å²) in [6, 6.07) is 0. The van der Waals surface area contributed by atoms with Crippen molar-refractivity contribution in [2.45, 2.75) is 6.42 Å². The van der Waals surface area contributed by atoms with Crippen molar-refractivity contribution in [1.29, 1.82) is 0 Å². The second kappa shape index (κ2) is 6.07. The van der Waals surface area contributed by atoms with Crippen LogP contribution < -0.4 is 11.1 Å². The highest BCUT2D eigenvalue weighted by Crippen LogP contribution is 2.03. The van der Waals surface area contributed by atoms with Gasteiger partial charge in [0.2, 0.25) is 17.8 Å². The fourth-order valence-corrected chi connectivity index (χ4v) is 1.54. The molecule has 6 nitrogen and oxygen atoms in total. The van der Waals surface area contributed by atoms with Gasteiger partial charge in [0.15, 0.2) is 0 Å². The summed E-state index contributed by atoms with van der Waals surface area (Å²) >= 11 is 1.34. The minimum atomic E-state index is -0.369. The molecule has 0 spiro atoms. The number of aromatic amines is 1. The number of H-pyrrole nitrogens is 1. The molecule has 1 rings (SSSR count). The molecule has 0 unspecified atom stereocenters. The Balaban J connectivity index is 2.11. The number of rotatable bonds is 6. The van der Waals surface area contributed by atoms with Gasteiger partial charge in [0.05, 0.1) is 5.75 Å². The number of imidazole rings is 1. The van der Waals surface area contributed by atoms with Crippen LogP contribution in [-0.4, -0.2) is 33.3 Å². The van der Waals surface area contributed by atoms with Crippen molar-refractivity contribution < 1.29 is 9.59 Å². The van der Waals surface area contributed by atoms with Crippen LogP contribution in [0.25, 0.3) is 0 Å². The highest BCUT2D eigenvalue weighted by atomic mass is 32.2. The number of nitrogens with zero attached hydrogens (tertiary/aromatic N) is 1. The molecule has 1 aromatic rings. The fraction of sp³-hybridized carbons (Fsp3) is 0.375. The first-order valence-corrected chi connectivity index (χ1v) is 5.49. The number of nitrogens with two attached hydrogens (primary N) is 1. The van der Waals surface area contributed by atoms with E-state index in [1.807, 2.05) is 0 Å². The minimum Gasteiger partial charge on any atom is -0.369 e. The first kappa shape index (κ1) is 11.6. The van der Waals surface area contributed by atoms with Gasteiger partial charge in [0.25, 0.3) is 0 Å². The Morgan fingerprint density at radius 2 is 2.40 bits per heavy atom. The van der Waals surface area contributed by atoms with Crippen LogP contribution in [0.2, 0.25) is 0 Å². The smallest absolute Gasteiger partial charge is 0.227 e. The molecule has 82 valence electrons. The largest absolute Gasteiger partial charge is 0.369 e. The van der Waals surface area contributed by atoms with E-state index >= 15 is 0 Å². The van der Waals surface area contributed by atoms with Crippen molar-refractivity contribution in [3.8, 4) is 0 Å². The van der Waals surface area contributed by atoms with E-state index in [-0.39, 0.29) is 17.6 Å². The molecule has 0 aliphatic carbocycles. The van der Waals surface area contributed by atoms with Crippen LogP contribution in [0.5, 0.6) is 0 Å². The van der Waals surface area contributed by atoms with Crippen molar-refractivity contribution >= 4 is 29.5 Å². The van der Waals surface area contributed by atoms with Crippen LogP contribution in [0.1, 0.15) is 6.42 Å². The van der Waals surface area contributed by atoms with Crippen LogP contribution in [-0.2, 0) is 9.59 Å². The number of primary amides is 1. The molecule has 0 atom stereocenters. The number of nitrogens with one attached hydrogen (secondary N) is 2. The molecule has 0 saturated heterocycles. The lowest BCUT2D eigenvalue weighted by Gasteiger charge is -2.00. The van der Waals surface area contributed by atoms with Crippen LogP contribution in [0, 0.1) is 0 Å². The Hall–Kier alpha value is -1.50. The summed E-state index contributed by atoms with van der Waals surface area (Å²) in [5.74, 6) is 0.733. The van der Waals surface area contributed by atoms with Crippen molar-refractivity contribution in [2.24, 2.45) is 5.73 Å². The summed E-state index contributed by atoms with van der Waals surface area (Å²) in [6.45, 7) is 0. The van der Waals surface area contributed by atoms with Gasteiger partial charge >= 0.3 is 0 Å². The maximum absolute atomic E-state index is 11.3. The maximum Gasteiger partial charge on any atom is 0.227 e. The van der Waals surface area contributed by atoms with E-state index in [1.54, 1.807) is 12.4 Å². The number of aromatic nitrogens is 2. The second-order valence-corrected chi connectivity index (χ2v) is 3.86. The monoisotopic (exact) mass is 228 g/mol. The van der Waals surface area contributed by atoms with Crippen LogP contribution in [0.15, 0.2) is 12.4 Å². The van der Waals surface area contributed by atoms with Gasteiger partial charge in [-0.3, -0.25) is 14.9 Å². The molecule has 2 amide bonds. The van der Waals surface area contributed by atoms with Gasteiger partial charge in [0, 0.05) is 24.6 Å². The molecule has 0 fully saturated rings. The molecule has 1 heterocycles. The van der Waals surface area contributed by atoms with Crippen molar-refractivity contribution in [1.82, 2.24) is 9.97 Å². The zero-order valence-corrected chi connectivity index (χ0v) is 8.84. The van der Waals surface area contributed by atoms with E-state index in [9.17, 15) is 9.59 Å². The number of anilines is 1. The van der Waals surface area contributed by atoms with E-state index in [0.29, 0.717) is 18.1 Å². The first-order chi connectivity index (χ1) is 7.18. The lowest BCUT2D eigenvalue weighted by molar-refractivity contribution is -0.116. The van der Waals surface area contributed by atoms with Crippen molar-refractivity contribution in [3.05, 3.63) is 12.4 Å². The zero-order valence-electron chi connectivity index (χ0n) is 8.03. The summed E-state index contributed by atoms with van der Waals surface area (Å²) in [5, 5.41) is 2.57. The molecule has 1 aromatic heterocycles. The Kier molecular flexibility index (Phi) is 4.69. The van der Waals surface area contributed by atoms with Gasteiger partial charge in [-0.25, -0.2) is 4.98 Å². The Morgan fingerprint density at radius 1 is 1.60 bits per heavy atom. The average molecular weight is 228 g/mol. The molecule has 15 heavy (non-hydrogen) atoms. The van der Waals surface area contributed by atoms with Crippen molar-refractivity contribution in [3.63, 3.8) is 0 Å². The lowest BCUT2D eigenvalue weighted by atomic mass is 10.4. The van der Waals surface area contributed by atoms with E-state index < -0.39 is 0 Å². The molecule has 4 N–H and O–H groups in total. The van der Waals surface area contributed by atoms with Crippen LogP contribution >= 0.6 is 11.8 Å². The van der Waals surface area contributed by atoms with E-state index in [4.69, 9.17) is 5.73 Å². The summed E-state index contributed by atoms with van der Waals surface area (Å²) < 4.78 is 0. The predicted molar refractivity (Wildman–Crippen MR) is 58.4 cm³/mol. The van der Waals surface area contributed by atoms with E-state index in [1.165, 1.54) is 11.8 Å². The number of carbonyl (C=O) groups excluding carboxylic acids is 2. The number of amides is 2. The highest BCUT2D eigenvalue weighted by Gasteiger charge is 2.03. The van der Waals surface area contributed by atoms with Crippen LogP contribution in [0.4, 0.5) is 5.95 Å². The molecule has 0 radical (unpaired) electrons. The third kappa shape index (κ3) is 5.06. The summed E-state index contributed by atoms with van der Waals surface area (Å²) in [5.41, 5.74) is 4.94. The number of thioether (sulfide) groups is 1. The Morgan fingerprint density at radius 3 is 3.00 bits per heavy atom. The van der Waals surface area contributed by atoms with Crippen LogP contribution in [0.3, 0.4) is 0 Å². The van der Waals surface area contributed by atoms with Gasteiger partial charge in [-0.05, 0) is 0 Å². The normalized spacial score (nSPS) is 9.87. The fourth-order valence-electron chi connectivity index (χ4n) is 0.866. The Bertz CT molecular complexity index is 325. The molecular weight excluding hydrogens is 216 g/mol. The number of hydrogen-bond donors (Lipinski definition) is 3. The molecule has 0 bridgehead atoms. The third-order valence-corrected chi connectivity index (χ3v) is 2.46. The SMILES string of the molecule is NC(=O)CSCCC(=O)Nc1ncc[nH]1. The molecule has 0 aliphatic rings. The predicted octanol–water partition coefficient (Wildman–Crippen LogP) is -0.0432. The summed E-state index contributed by atoms with van der Waals surface area (Å²) in [7, 11) is 0. The standard InChI is InChI=1S/C8H12N4O2S/c9-6(13)5-15-4-1-7(14)12-8-10-2-3-11-8/h2-3H,1,4-5H2,(H2,9,13)(H2,10,11,12,14). The van der Waals surface area contributed by atoms with Gasteiger partial charge in [-0.15, -0.1) is 0 Å². The molecule has 0 saturated carbocycles. The maximum atomic E-state index is 11.3. The minimum absolute atomic E-state index is 0.137. The number of hydrogen-bond acceptors (Lipinski definition) is 4. The second-order valence-electron chi connectivity index (χ2n) is 2.75. The summed E-state index contributed by atoms with van der Waals surface area (Å²) in [6.07, 6.45) is 3.51. The molecule has 7 heteroatoms. The third-order valence-electron chi connectivity index (χ3n) is 1.47. The number of carbonyl (C=O) groups is 2.